The van der Waals surface area contributed by atoms with Crippen LogP contribution in [0, 0.1) is 0 Å². The number of amides is 2. The van der Waals surface area contributed by atoms with Gasteiger partial charge in [-0.2, -0.15) is 0 Å². The van der Waals surface area contributed by atoms with Crippen LogP contribution in [0.4, 0.5) is 5.69 Å². The minimum Gasteiger partial charge on any atom is -0.342 e. The summed E-state index contributed by atoms with van der Waals surface area (Å²) in [7, 11) is -3.47. The summed E-state index contributed by atoms with van der Waals surface area (Å²) in [5.41, 5.74) is 0.630. The Labute approximate surface area is 172 Å². The number of para-hydroxylation sites is 1. The Morgan fingerprint density at radius 3 is 2.14 bits per heavy atom. The summed E-state index contributed by atoms with van der Waals surface area (Å²) in [4.78, 5) is 31.3. The largest absolute Gasteiger partial charge is 0.342 e. The second-order valence-electron chi connectivity index (χ2n) is 7.78. The Morgan fingerprint density at radius 1 is 0.897 bits per heavy atom. The van der Waals surface area contributed by atoms with Crippen molar-refractivity contribution in [3.05, 3.63) is 29.8 Å². The topological polar surface area (TPSA) is 90.0 Å². The number of anilines is 1. The fourth-order valence-electron chi connectivity index (χ4n) is 3.85. The van der Waals surface area contributed by atoms with E-state index in [9.17, 15) is 18.0 Å². The van der Waals surface area contributed by atoms with Crippen molar-refractivity contribution >= 4 is 27.5 Å². The number of sulfonamides is 1. The molecule has 0 atom stereocenters. The highest BCUT2D eigenvalue weighted by Crippen LogP contribution is 2.19. The van der Waals surface area contributed by atoms with Gasteiger partial charge in [0.05, 0.1) is 24.1 Å². The van der Waals surface area contributed by atoms with Crippen molar-refractivity contribution in [2.45, 2.75) is 25.7 Å². The van der Waals surface area contributed by atoms with E-state index in [0.717, 1.165) is 32.2 Å². The molecule has 2 aliphatic rings. The molecule has 0 aliphatic carbocycles. The molecule has 2 fully saturated rings. The van der Waals surface area contributed by atoms with E-state index < -0.39 is 10.0 Å². The van der Waals surface area contributed by atoms with Gasteiger partial charge in [-0.1, -0.05) is 25.0 Å². The molecular formula is C20H30N4O4S. The number of nitrogens with zero attached hydrogens (tertiary/aromatic N) is 3. The lowest BCUT2D eigenvalue weighted by Crippen LogP contribution is -2.51. The normalized spacial score (nSPS) is 18.9. The van der Waals surface area contributed by atoms with Crippen LogP contribution in [-0.4, -0.2) is 87.0 Å². The number of hydrogen-bond donors (Lipinski definition) is 1. The van der Waals surface area contributed by atoms with Crippen LogP contribution in [0.2, 0.25) is 0 Å². The standard InChI is InChI=1S/C20H30N4O4S/c1-29(27,28)21-18-9-5-4-8-17(18)20(26)24-14-12-22(13-15-24)16-19(25)23-10-6-2-3-7-11-23/h4-5,8-9,21H,2-3,6-7,10-16H2,1H3. The van der Waals surface area contributed by atoms with Crippen molar-refractivity contribution < 1.29 is 18.0 Å². The lowest BCUT2D eigenvalue weighted by Gasteiger charge is -2.35. The number of carbonyl (C=O) groups is 2. The van der Waals surface area contributed by atoms with E-state index in [4.69, 9.17) is 0 Å². The maximum Gasteiger partial charge on any atom is 0.256 e. The van der Waals surface area contributed by atoms with E-state index in [2.05, 4.69) is 9.62 Å². The van der Waals surface area contributed by atoms with E-state index in [1.807, 2.05) is 4.90 Å². The van der Waals surface area contributed by atoms with Crippen molar-refractivity contribution in [1.29, 1.82) is 0 Å². The van der Waals surface area contributed by atoms with E-state index in [1.54, 1.807) is 29.2 Å². The first-order chi connectivity index (χ1) is 13.8. The monoisotopic (exact) mass is 422 g/mol. The van der Waals surface area contributed by atoms with Crippen molar-refractivity contribution in [2.24, 2.45) is 0 Å². The predicted octanol–water partition coefficient (Wildman–Crippen LogP) is 1.22. The highest BCUT2D eigenvalue weighted by Gasteiger charge is 2.26. The summed E-state index contributed by atoms with van der Waals surface area (Å²) >= 11 is 0. The Balaban J connectivity index is 1.55. The average molecular weight is 423 g/mol. The molecule has 2 saturated heterocycles. The molecule has 1 aromatic carbocycles. The molecule has 0 aromatic heterocycles. The van der Waals surface area contributed by atoms with Gasteiger partial charge in [-0.15, -0.1) is 0 Å². The van der Waals surface area contributed by atoms with Crippen LogP contribution < -0.4 is 4.72 Å². The van der Waals surface area contributed by atoms with E-state index in [-0.39, 0.29) is 11.8 Å². The molecule has 1 N–H and O–H groups in total. The first-order valence-electron chi connectivity index (χ1n) is 10.2. The molecule has 29 heavy (non-hydrogen) atoms. The number of benzene rings is 1. The Kier molecular flexibility index (Phi) is 7.13. The quantitative estimate of drug-likeness (QED) is 0.771. The SMILES string of the molecule is CS(=O)(=O)Nc1ccccc1C(=O)N1CCN(CC(=O)N2CCCCCC2)CC1. The van der Waals surface area contributed by atoms with Crippen LogP contribution in [0.15, 0.2) is 24.3 Å². The van der Waals surface area contributed by atoms with Crippen LogP contribution in [0.1, 0.15) is 36.0 Å². The predicted molar refractivity (Wildman–Crippen MR) is 112 cm³/mol. The third kappa shape index (κ3) is 6.17. The fourth-order valence-corrected chi connectivity index (χ4v) is 4.43. The molecule has 8 nitrogen and oxygen atoms in total. The van der Waals surface area contributed by atoms with Crippen molar-refractivity contribution in [3.63, 3.8) is 0 Å². The summed E-state index contributed by atoms with van der Waals surface area (Å²) < 4.78 is 25.6. The van der Waals surface area contributed by atoms with Crippen LogP contribution in [0.25, 0.3) is 0 Å². The maximum atomic E-state index is 12.9. The summed E-state index contributed by atoms with van der Waals surface area (Å²) in [6.45, 7) is 4.38. The van der Waals surface area contributed by atoms with Gasteiger partial charge in [-0.05, 0) is 25.0 Å². The maximum absolute atomic E-state index is 12.9. The molecule has 2 heterocycles. The lowest BCUT2D eigenvalue weighted by molar-refractivity contribution is -0.132. The zero-order valence-electron chi connectivity index (χ0n) is 17.0. The Hall–Kier alpha value is -2.13. The van der Waals surface area contributed by atoms with Crippen LogP contribution in [-0.2, 0) is 14.8 Å². The highest BCUT2D eigenvalue weighted by atomic mass is 32.2. The fraction of sp³-hybridized carbons (Fsp3) is 0.600. The van der Waals surface area contributed by atoms with Gasteiger partial charge in [-0.3, -0.25) is 19.2 Å². The van der Waals surface area contributed by atoms with E-state index in [1.165, 1.54) is 12.8 Å². The van der Waals surface area contributed by atoms with Crippen LogP contribution >= 0.6 is 0 Å². The minimum absolute atomic E-state index is 0.175. The molecule has 3 rings (SSSR count). The lowest BCUT2D eigenvalue weighted by atomic mass is 10.1. The molecule has 160 valence electrons. The molecule has 0 bridgehead atoms. The zero-order chi connectivity index (χ0) is 20.9. The number of piperazine rings is 1. The summed E-state index contributed by atoms with van der Waals surface area (Å²) in [6.07, 6.45) is 5.61. The zero-order valence-corrected chi connectivity index (χ0v) is 17.8. The first-order valence-corrected chi connectivity index (χ1v) is 12.1. The Morgan fingerprint density at radius 2 is 1.52 bits per heavy atom. The number of hydrogen-bond acceptors (Lipinski definition) is 5. The third-order valence-corrected chi connectivity index (χ3v) is 6.02. The Bertz CT molecular complexity index is 827. The highest BCUT2D eigenvalue weighted by molar-refractivity contribution is 7.92. The van der Waals surface area contributed by atoms with Gasteiger partial charge in [0, 0.05) is 39.3 Å². The van der Waals surface area contributed by atoms with Gasteiger partial charge in [-0.25, -0.2) is 8.42 Å². The molecular weight excluding hydrogens is 392 g/mol. The molecule has 9 heteroatoms. The molecule has 0 radical (unpaired) electrons. The summed E-state index contributed by atoms with van der Waals surface area (Å²) in [5, 5.41) is 0. The molecule has 2 amide bonds. The molecule has 1 aromatic rings. The first kappa shape index (κ1) is 21.6. The van der Waals surface area contributed by atoms with Crippen molar-refractivity contribution in [2.75, 3.05) is 56.8 Å². The van der Waals surface area contributed by atoms with Gasteiger partial charge < -0.3 is 9.80 Å². The van der Waals surface area contributed by atoms with Crippen molar-refractivity contribution in [1.82, 2.24) is 14.7 Å². The third-order valence-electron chi connectivity index (χ3n) is 5.43. The smallest absolute Gasteiger partial charge is 0.256 e. The number of likely N-dealkylation sites (tertiary alicyclic amines) is 1. The van der Waals surface area contributed by atoms with Crippen LogP contribution in [0.5, 0.6) is 0 Å². The average Bonchev–Trinajstić information content (AvgIpc) is 2.97. The number of carbonyl (C=O) groups excluding carboxylic acids is 2. The van der Waals surface area contributed by atoms with Gasteiger partial charge in [0.25, 0.3) is 5.91 Å². The van der Waals surface area contributed by atoms with Gasteiger partial charge >= 0.3 is 0 Å². The second-order valence-corrected chi connectivity index (χ2v) is 9.53. The summed E-state index contributed by atoms with van der Waals surface area (Å²) in [6, 6.07) is 6.63. The summed E-state index contributed by atoms with van der Waals surface area (Å²) in [5.74, 6) is -0.0235. The number of nitrogens with one attached hydrogen (secondary N) is 1. The number of rotatable bonds is 5. The second kappa shape index (κ2) is 9.58. The molecule has 0 saturated carbocycles. The van der Waals surface area contributed by atoms with Crippen molar-refractivity contribution in [3.8, 4) is 0 Å². The van der Waals surface area contributed by atoms with Gasteiger partial charge in [0.15, 0.2) is 0 Å². The van der Waals surface area contributed by atoms with Gasteiger partial charge in [0.2, 0.25) is 15.9 Å². The molecule has 2 aliphatic heterocycles. The van der Waals surface area contributed by atoms with E-state index in [0.29, 0.717) is 44.0 Å². The van der Waals surface area contributed by atoms with Gasteiger partial charge in [0.1, 0.15) is 0 Å². The minimum atomic E-state index is -3.47. The molecule has 0 unspecified atom stereocenters. The van der Waals surface area contributed by atoms with E-state index >= 15 is 0 Å². The van der Waals surface area contributed by atoms with Crippen LogP contribution in [0.3, 0.4) is 0 Å². The molecule has 0 spiro atoms.